The van der Waals surface area contributed by atoms with E-state index in [1.165, 1.54) is 32.1 Å². The first-order valence-electron chi connectivity index (χ1n) is 6.65. The Morgan fingerprint density at radius 3 is 2.72 bits per heavy atom. The number of nitrogens with zero attached hydrogens (tertiary/aromatic N) is 1. The topological polar surface area (TPSA) is 24.9 Å². The summed E-state index contributed by atoms with van der Waals surface area (Å²) in [6, 6.07) is 2.36. The molecule has 100 valence electrons. The Kier molecular flexibility index (Phi) is 4.74. The van der Waals surface area contributed by atoms with Crippen LogP contribution in [-0.4, -0.2) is 11.0 Å². The lowest BCUT2D eigenvalue weighted by atomic mass is 10.0. The van der Waals surface area contributed by atoms with E-state index in [0.717, 1.165) is 17.2 Å². The molecule has 0 bridgehead atoms. The first-order valence-corrected chi connectivity index (χ1v) is 7.41. The minimum Gasteiger partial charge on any atom is -0.380 e. The van der Waals surface area contributed by atoms with Crippen LogP contribution in [-0.2, 0) is 0 Å². The van der Waals surface area contributed by atoms with E-state index < -0.39 is 0 Å². The Morgan fingerprint density at radius 1 is 1.22 bits per heavy atom. The largest absolute Gasteiger partial charge is 0.380 e. The summed E-state index contributed by atoms with van der Waals surface area (Å²) in [5.74, 6) is 0.844. The molecule has 0 aliphatic heterocycles. The molecule has 0 amide bonds. The average Bonchev–Trinajstić information content (AvgIpc) is 2.48. The van der Waals surface area contributed by atoms with E-state index in [0.29, 0.717) is 16.3 Å². The highest BCUT2D eigenvalue weighted by molar-refractivity contribution is 6.34. The maximum atomic E-state index is 6.17. The number of hydrogen-bond acceptors (Lipinski definition) is 2. The van der Waals surface area contributed by atoms with Gasteiger partial charge in [0.1, 0.15) is 5.15 Å². The first-order chi connectivity index (χ1) is 8.56. The van der Waals surface area contributed by atoms with Gasteiger partial charge in [0.15, 0.2) is 5.15 Å². The molecule has 0 radical (unpaired) electrons. The molecule has 2 atom stereocenters. The number of nitrogens with one attached hydrogen (secondary N) is 1. The van der Waals surface area contributed by atoms with E-state index in [1.807, 2.05) is 13.0 Å². The van der Waals surface area contributed by atoms with Crippen LogP contribution in [0.2, 0.25) is 10.3 Å². The minimum atomic E-state index is 0.456. The van der Waals surface area contributed by atoms with Crippen molar-refractivity contribution in [1.82, 2.24) is 4.98 Å². The summed E-state index contributed by atoms with van der Waals surface area (Å²) in [5.41, 5.74) is 2.01. The van der Waals surface area contributed by atoms with Crippen LogP contribution in [0.1, 0.15) is 44.6 Å². The fourth-order valence-electron chi connectivity index (χ4n) is 2.60. The number of anilines is 1. The summed E-state index contributed by atoms with van der Waals surface area (Å²) in [6.45, 7) is 4.35. The highest BCUT2D eigenvalue weighted by Crippen LogP contribution is 2.30. The van der Waals surface area contributed by atoms with Crippen LogP contribution in [0.25, 0.3) is 0 Å². The zero-order valence-electron chi connectivity index (χ0n) is 11.0. The first kappa shape index (κ1) is 14.0. The summed E-state index contributed by atoms with van der Waals surface area (Å²) >= 11 is 12.1. The smallest absolute Gasteiger partial charge is 0.154 e. The third-order valence-electron chi connectivity index (χ3n) is 3.75. The molecule has 2 rings (SSSR count). The zero-order chi connectivity index (χ0) is 13.1. The van der Waals surface area contributed by atoms with Gasteiger partial charge in [-0.2, -0.15) is 0 Å². The van der Waals surface area contributed by atoms with E-state index in [1.54, 1.807) is 0 Å². The van der Waals surface area contributed by atoms with Crippen molar-refractivity contribution in [3.63, 3.8) is 0 Å². The second-order valence-corrected chi connectivity index (χ2v) is 6.13. The van der Waals surface area contributed by atoms with Crippen LogP contribution in [0, 0.1) is 12.8 Å². The molecule has 4 heteroatoms. The van der Waals surface area contributed by atoms with Gasteiger partial charge >= 0.3 is 0 Å². The number of aryl methyl sites for hydroxylation is 1. The van der Waals surface area contributed by atoms with E-state index in [4.69, 9.17) is 23.2 Å². The van der Waals surface area contributed by atoms with Gasteiger partial charge in [-0.15, -0.1) is 0 Å². The molecule has 0 saturated heterocycles. The van der Waals surface area contributed by atoms with Crippen molar-refractivity contribution in [2.75, 3.05) is 5.32 Å². The van der Waals surface area contributed by atoms with Gasteiger partial charge < -0.3 is 5.32 Å². The highest BCUT2D eigenvalue weighted by Gasteiger charge is 2.18. The zero-order valence-corrected chi connectivity index (χ0v) is 12.5. The monoisotopic (exact) mass is 286 g/mol. The lowest BCUT2D eigenvalue weighted by molar-refractivity contribution is 0.502. The van der Waals surface area contributed by atoms with Crippen LogP contribution < -0.4 is 5.32 Å². The summed E-state index contributed by atoms with van der Waals surface area (Å²) in [4.78, 5) is 4.11. The van der Waals surface area contributed by atoms with E-state index in [-0.39, 0.29) is 0 Å². The summed E-state index contributed by atoms with van der Waals surface area (Å²) in [7, 11) is 0. The maximum absolute atomic E-state index is 6.17. The van der Waals surface area contributed by atoms with Crippen molar-refractivity contribution in [2.24, 2.45) is 5.92 Å². The molecule has 0 aromatic carbocycles. The van der Waals surface area contributed by atoms with Crippen molar-refractivity contribution in [2.45, 2.75) is 52.0 Å². The van der Waals surface area contributed by atoms with Crippen LogP contribution in [0.15, 0.2) is 6.07 Å². The molecule has 1 aliphatic rings. The molecule has 1 fully saturated rings. The van der Waals surface area contributed by atoms with E-state index >= 15 is 0 Å². The van der Waals surface area contributed by atoms with Crippen LogP contribution >= 0.6 is 23.2 Å². The number of pyridine rings is 1. The van der Waals surface area contributed by atoms with Crippen LogP contribution in [0.4, 0.5) is 5.69 Å². The minimum absolute atomic E-state index is 0.456. The lowest BCUT2D eigenvalue weighted by Crippen LogP contribution is -2.19. The molecule has 1 heterocycles. The second-order valence-electron chi connectivity index (χ2n) is 5.38. The van der Waals surface area contributed by atoms with Gasteiger partial charge in [0.05, 0.1) is 5.69 Å². The van der Waals surface area contributed by atoms with Crippen LogP contribution in [0.5, 0.6) is 0 Å². The number of aromatic nitrogens is 1. The molecule has 1 aromatic heterocycles. The molecule has 18 heavy (non-hydrogen) atoms. The average molecular weight is 287 g/mol. The van der Waals surface area contributed by atoms with Crippen molar-refractivity contribution >= 4 is 28.9 Å². The number of halogens is 2. The number of rotatable bonds is 2. The lowest BCUT2D eigenvalue weighted by Gasteiger charge is -2.20. The predicted molar refractivity (Wildman–Crippen MR) is 78.7 cm³/mol. The molecule has 2 unspecified atom stereocenters. The maximum Gasteiger partial charge on any atom is 0.154 e. The summed E-state index contributed by atoms with van der Waals surface area (Å²) in [5, 5.41) is 4.49. The highest BCUT2D eigenvalue weighted by atomic mass is 35.5. The molecule has 2 nitrogen and oxygen atoms in total. The fraction of sp³-hybridized carbons (Fsp3) is 0.643. The van der Waals surface area contributed by atoms with E-state index in [2.05, 4.69) is 17.2 Å². The Hall–Kier alpha value is -0.470. The molecular weight excluding hydrogens is 267 g/mol. The normalized spacial score (nSPS) is 24.7. The van der Waals surface area contributed by atoms with E-state index in [9.17, 15) is 0 Å². The van der Waals surface area contributed by atoms with Gasteiger partial charge in [-0.3, -0.25) is 0 Å². The Labute approximate surface area is 119 Å². The standard InChI is InChI=1S/C14H20Cl2N2/c1-9-4-3-5-11(7-6-9)17-13-10(2)8-12(15)18-14(13)16/h8-9,11,17H,3-7H2,1-2H3. The Bertz CT molecular complexity index is 397. The molecule has 1 aliphatic carbocycles. The van der Waals surface area contributed by atoms with Crippen molar-refractivity contribution in [3.05, 3.63) is 21.9 Å². The number of hydrogen-bond donors (Lipinski definition) is 1. The van der Waals surface area contributed by atoms with Crippen LogP contribution in [0.3, 0.4) is 0 Å². The Morgan fingerprint density at radius 2 is 2.00 bits per heavy atom. The summed E-state index contributed by atoms with van der Waals surface area (Å²) < 4.78 is 0. The second kappa shape index (κ2) is 6.12. The third kappa shape index (κ3) is 3.52. The molecule has 1 saturated carbocycles. The molecular formula is C14H20Cl2N2. The quantitative estimate of drug-likeness (QED) is 0.606. The van der Waals surface area contributed by atoms with Gasteiger partial charge in [0.2, 0.25) is 0 Å². The fourth-order valence-corrected chi connectivity index (χ4v) is 3.19. The molecule has 1 aromatic rings. The van der Waals surface area contributed by atoms with Crippen molar-refractivity contribution < 1.29 is 0 Å². The van der Waals surface area contributed by atoms with Gasteiger partial charge in [0.25, 0.3) is 0 Å². The summed E-state index contributed by atoms with van der Waals surface area (Å²) in [6.07, 6.45) is 6.33. The molecule has 1 N–H and O–H groups in total. The third-order valence-corrected chi connectivity index (χ3v) is 4.21. The van der Waals surface area contributed by atoms with Gasteiger partial charge in [-0.05, 0) is 43.7 Å². The van der Waals surface area contributed by atoms with Gasteiger partial charge in [-0.1, -0.05) is 43.0 Å². The SMILES string of the molecule is Cc1cc(Cl)nc(Cl)c1NC1CCCC(C)CC1. The van der Waals surface area contributed by atoms with Crippen molar-refractivity contribution in [3.8, 4) is 0 Å². The Balaban J connectivity index is 2.09. The predicted octanol–water partition coefficient (Wildman–Crippen LogP) is 5.08. The van der Waals surface area contributed by atoms with Gasteiger partial charge in [-0.25, -0.2) is 4.98 Å². The molecule has 0 spiro atoms. The van der Waals surface area contributed by atoms with Gasteiger partial charge in [0, 0.05) is 6.04 Å². The van der Waals surface area contributed by atoms with Crippen molar-refractivity contribution in [1.29, 1.82) is 0 Å².